The molecule has 2 fully saturated rings. The quantitative estimate of drug-likeness (QED) is 0.0758. The monoisotopic (exact) mass is 684 g/mol. The summed E-state index contributed by atoms with van der Waals surface area (Å²) >= 11 is 4.86. The Morgan fingerprint density at radius 3 is 1.81 bits per heavy atom. The van der Waals surface area contributed by atoms with Crippen molar-refractivity contribution in [3.05, 3.63) is 70.8 Å². The lowest BCUT2D eigenvalue weighted by molar-refractivity contribution is -0.117. The molecule has 2 saturated heterocycles. The lowest BCUT2D eigenvalue weighted by atomic mass is 9.77. The van der Waals surface area contributed by atoms with Gasteiger partial charge in [0.25, 0.3) is 0 Å². The molecule has 0 aromatic heterocycles. The van der Waals surface area contributed by atoms with Crippen LogP contribution in [0.1, 0.15) is 130 Å². The number of rotatable bonds is 22. The van der Waals surface area contributed by atoms with Gasteiger partial charge in [-0.15, -0.1) is 12.6 Å². The van der Waals surface area contributed by atoms with Crippen LogP contribution in [0.4, 0.5) is 0 Å². The maximum absolute atomic E-state index is 6.56. The van der Waals surface area contributed by atoms with Crippen molar-refractivity contribution in [3.63, 3.8) is 0 Å². The highest BCUT2D eigenvalue weighted by Crippen LogP contribution is 2.37. The first-order valence-corrected chi connectivity index (χ1v) is 18.9. The zero-order valence-electron chi connectivity index (χ0n) is 31.5. The maximum atomic E-state index is 6.56. The Morgan fingerprint density at radius 2 is 1.31 bits per heavy atom. The summed E-state index contributed by atoms with van der Waals surface area (Å²) in [6.45, 7) is 25.4. The average Bonchev–Trinajstić information content (AvgIpc) is 4.04. The Hall–Kier alpha value is -1.45. The van der Waals surface area contributed by atoms with Crippen molar-refractivity contribution in [1.82, 2.24) is 0 Å². The smallest absolute Gasteiger partial charge is 0.113 e. The van der Waals surface area contributed by atoms with Crippen molar-refractivity contribution in [2.45, 2.75) is 147 Å². The van der Waals surface area contributed by atoms with Gasteiger partial charge in [0.05, 0.1) is 62.5 Å². The van der Waals surface area contributed by atoms with Crippen LogP contribution in [0, 0.1) is 5.92 Å². The van der Waals surface area contributed by atoms with Gasteiger partial charge in [0.2, 0.25) is 0 Å². The van der Waals surface area contributed by atoms with Crippen molar-refractivity contribution < 1.29 is 28.4 Å². The van der Waals surface area contributed by atoms with Gasteiger partial charge in [0, 0.05) is 17.8 Å². The van der Waals surface area contributed by atoms with Crippen LogP contribution in [0.15, 0.2) is 48.5 Å². The highest BCUT2D eigenvalue weighted by molar-refractivity contribution is 7.81. The molecule has 2 aliphatic heterocycles. The Morgan fingerprint density at radius 1 is 0.750 bits per heavy atom. The fourth-order valence-corrected chi connectivity index (χ4v) is 6.75. The minimum atomic E-state index is -0.488. The van der Waals surface area contributed by atoms with Crippen LogP contribution in [-0.2, 0) is 39.4 Å². The molecule has 8 unspecified atom stereocenters. The van der Waals surface area contributed by atoms with Crippen LogP contribution in [-0.4, -0.2) is 61.9 Å². The topological polar surface area (TPSA) is 62.0 Å². The van der Waals surface area contributed by atoms with Crippen molar-refractivity contribution >= 4 is 12.6 Å². The molecule has 4 rings (SSSR count). The number of hydrogen-bond donors (Lipinski definition) is 1. The average molecular weight is 685 g/mol. The second-order valence-electron chi connectivity index (χ2n) is 15.2. The Balaban J connectivity index is 1.35. The molecule has 0 radical (unpaired) electrons. The minimum Gasteiger partial charge on any atom is -0.373 e. The van der Waals surface area contributed by atoms with Gasteiger partial charge in [-0.3, -0.25) is 0 Å². The van der Waals surface area contributed by atoms with Gasteiger partial charge in [-0.25, -0.2) is 0 Å². The summed E-state index contributed by atoms with van der Waals surface area (Å²) in [5.41, 5.74) is 4.15. The second-order valence-corrected chi connectivity index (χ2v) is 16.0. The molecule has 2 aromatic carbocycles. The summed E-state index contributed by atoms with van der Waals surface area (Å²) in [5, 5.41) is 0. The summed E-state index contributed by atoms with van der Waals surface area (Å²) in [5.74, 6) is 0.272. The molecular formula is C41H64O6S. The van der Waals surface area contributed by atoms with E-state index in [9.17, 15) is 0 Å². The predicted octanol–water partition coefficient (Wildman–Crippen LogP) is 9.57. The minimum absolute atomic E-state index is 0.0509. The molecule has 0 spiro atoms. The van der Waals surface area contributed by atoms with Crippen LogP contribution in [0.25, 0.3) is 0 Å². The number of hydrogen-bond acceptors (Lipinski definition) is 7. The summed E-state index contributed by atoms with van der Waals surface area (Å²) in [7, 11) is 0. The maximum Gasteiger partial charge on any atom is 0.113 e. The van der Waals surface area contributed by atoms with Gasteiger partial charge < -0.3 is 28.4 Å². The largest absolute Gasteiger partial charge is 0.373 e. The molecule has 6 nitrogen and oxygen atoms in total. The van der Waals surface area contributed by atoms with Crippen LogP contribution in [0.5, 0.6) is 0 Å². The molecule has 0 N–H and O–H groups in total. The first-order chi connectivity index (χ1) is 22.7. The highest BCUT2D eigenvalue weighted by atomic mass is 32.1. The van der Waals surface area contributed by atoms with Gasteiger partial charge in [-0.1, -0.05) is 97.0 Å². The predicted molar refractivity (Wildman–Crippen MR) is 198 cm³/mol. The van der Waals surface area contributed by atoms with Crippen molar-refractivity contribution in [1.29, 1.82) is 0 Å². The number of thiol groups is 1. The lowest BCUT2D eigenvalue weighted by Gasteiger charge is -2.35. The third-order valence-electron chi connectivity index (χ3n) is 11.1. The van der Waals surface area contributed by atoms with Gasteiger partial charge in [-0.2, -0.15) is 0 Å². The van der Waals surface area contributed by atoms with Gasteiger partial charge >= 0.3 is 0 Å². The first kappa shape index (κ1) is 39.3. The molecule has 2 aliphatic rings. The Labute approximate surface area is 297 Å². The van der Waals surface area contributed by atoms with E-state index in [1.165, 1.54) is 22.3 Å². The third kappa shape index (κ3) is 10.3. The van der Waals surface area contributed by atoms with Crippen LogP contribution in [0.3, 0.4) is 0 Å². The number of epoxide rings is 2. The zero-order chi connectivity index (χ0) is 35.2. The first-order valence-electron chi connectivity index (χ1n) is 18.4. The van der Waals surface area contributed by atoms with E-state index in [1.54, 1.807) is 0 Å². The summed E-state index contributed by atoms with van der Waals surface area (Å²) in [6.07, 6.45) is 4.87. The molecule has 0 saturated carbocycles. The van der Waals surface area contributed by atoms with E-state index in [0.717, 1.165) is 45.3 Å². The SMILES string of the molecule is CCC(OCC(C)C(C)(CC)OCC1CO1)c1ccc(C(C)(C)c2ccc(C(C)(CC)OCC(C)OC(S)(CC)CC3CO3)cc2)cc1. The lowest BCUT2D eigenvalue weighted by Crippen LogP contribution is -2.39. The molecule has 2 aromatic rings. The summed E-state index contributed by atoms with van der Waals surface area (Å²) in [4.78, 5) is -0.488. The van der Waals surface area contributed by atoms with Gasteiger partial charge in [0.15, 0.2) is 0 Å². The number of ether oxygens (including phenoxy) is 6. The zero-order valence-corrected chi connectivity index (χ0v) is 32.4. The molecular weight excluding hydrogens is 621 g/mol. The van der Waals surface area contributed by atoms with Crippen molar-refractivity contribution in [3.8, 4) is 0 Å². The fourth-order valence-electron chi connectivity index (χ4n) is 6.36. The van der Waals surface area contributed by atoms with Crippen LogP contribution >= 0.6 is 12.6 Å². The molecule has 0 amide bonds. The van der Waals surface area contributed by atoms with E-state index >= 15 is 0 Å². The third-order valence-corrected chi connectivity index (χ3v) is 11.7. The highest BCUT2D eigenvalue weighted by Gasteiger charge is 2.37. The van der Waals surface area contributed by atoms with E-state index < -0.39 is 10.5 Å². The van der Waals surface area contributed by atoms with E-state index in [4.69, 9.17) is 41.0 Å². The molecule has 8 atom stereocenters. The van der Waals surface area contributed by atoms with E-state index in [0.29, 0.717) is 19.8 Å². The molecule has 0 bridgehead atoms. The van der Waals surface area contributed by atoms with E-state index in [-0.39, 0.29) is 41.3 Å². The summed E-state index contributed by atoms with van der Waals surface area (Å²) in [6, 6.07) is 18.0. The van der Waals surface area contributed by atoms with E-state index in [2.05, 4.69) is 118 Å². The summed E-state index contributed by atoms with van der Waals surface area (Å²) < 4.78 is 36.5. The van der Waals surface area contributed by atoms with Gasteiger partial charge in [0.1, 0.15) is 11.0 Å². The Kier molecular flexibility index (Phi) is 13.7. The molecule has 7 heteroatoms. The molecule has 270 valence electrons. The van der Waals surface area contributed by atoms with Crippen LogP contribution < -0.4 is 0 Å². The molecule has 0 aliphatic carbocycles. The van der Waals surface area contributed by atoms with Crippen LogP contribution in [0.2, 0.25) is 0 Å². The van der Waals surface area contributed by atoms with Gasteiger partial charge in [-0.05, 0) is 68.7 Å². The fraction of sp³-hybridized carbons (Fsp3) is 0.707. The van der Waals surface area contributed by atoms with E-state index in [1.807, 2.05) is 0 Å². The normalized spacial score (nSPS) is 23.4. The molecule has 2 heterocycles. The molecule has 48 heavy (non-hydrogen) atoms. The standard InChI is InChI=1S/C41H64O6S/c1-11-37(44-24-29(5)39(9,12-2)46-28-36-27-43-36)31-15-17-32(18-16-31)38(7,8)33-19-21-34(22-20-33)40(10,13-3)45-25-30(6)47-41(48,14-4)23-35-26-42-35/h15-22,29-30,35-37,48H,11-14,23-28H2,1-10H3. The number of benzene rings is 2. The Bertz CT molecular complexity index is 1260. The van der Waals surface area contributed by atoms with Crippen molar-refractivity contribution in [2.24, 2.45) is 5.92 Å². The second kappa shape index (κ2) is 16.7. The van der Waals surface area contributed by atoms with Crippen molar-refractivity contribution in [2.75, 3.05) is 33.0 Å².